The van der Waals surface area contributed by atoms with E-state index in [2.05, 4.69) is 38.2 Å². The lowest BCUT2D eigenvalue weighted by molar-refractivity contribution is 0.0696. The molecule has 3 rings (SSSR count). The van der Waals surface area contributed by atoms with E-state index in [-0.39, 0.29) is 16.9 Å². The Morgan fingerprint density at radius 2 is 1.35 bits per heavy atom. The van der Waals surface area contributed by atoms with Crippen LogP contribution in [0, 0.1) is 5.92 Å². The predicted octanol–water partition coefficient (Wildman–Crippen LogP) is 5.49. The van der Waals surface area contributed by atoms with Gasteiger partial charge in [-0.25, -0.2) is 9.59 Å². The third kappa shape index (κ3) is 12.8. The van der Waals surface area contributed by atoms with Crippen LogP contribution in [-0.2, 0) is 6.54 Å². The van der Waals surface area contributed by atoms with Crippen molar-refractivity contribution in [2.75, 3.05) is 12.4 Å². The standard InChI is InChI=1S/C18H19NO4.C7H15BO2.C2H6.CH4O/c1-11(2)13-5-3-12(4-6-13)10-19-16-8-14(17(20)21)7-15(9-16)18(22)23;1-6-2-4-7(5-3-6)8(9)10;2*1-2/h3-9,11,19H,10H2,1-2H3,(H,20,21)(H,22,23);6-7,9-10H,2-5H2,1H3;1-2H3;2H,1H3. The number of anilines is 1. The maximum Gasteiger partial charge on any atom is 0.454 e. The SMILES string of the molecule is CC.CC(C)c1ccc(CNc2cc(C(=O)O)cc(C(=O)O)c2)cc1.CC1CCC(B(O)O)CC1.CO. The third-order valence-corrected chi connectivity index (χ3v) is 6.05. The molecule has 1 saturated carbocycles. The fourth-order valence-electron chi connectivity index (χ4n) is 3.79. The highest BCUT2D eigenvalue weighted by Gasteiger charge is 2.27. The van der Waals surface area contributed by atoms with Gasteiger partial charge in [0, 0.05) is 19.3 Å². The third-order valence-electron chi connectivity index (χ3n) is 6.05. The Morgan fingerprint density at radius 3 is 1.73 bits per heavy atom. The van der Waals surface area contributed by atoms with Crippen molar-refractivity contribution in [2.45, 2.75) is 78.6 Å². The van der Waals surface area contributed by atoms with Crippen molar-refractivity contribution in [2.24, 2.45) is 5.92 Å². The van der Waals surface area contributed by atoms with E-state index in [1.807, 2.05) is 26.0 Å². The molecule has 1 fully saturated rings. The van der Waals surface area contributed by atoms with Crippen LogP contribution in [0.2, 0.25) is 5.82 Å². The Kier molecular flexibility index (Phi) is 17.0. The first-order valence-electron chi connectivity index (χ1n) is 12.8. The minimum absolute atomic E-state index is 0.0532. The predicted molar refractivity (Wildman–Crippen MR) is 149 cm³/mol. The summed E-state index contributed by atoms with van der Waals surface area (Å²) in [6.07, 6.45) is 4.28. The molecule has 0 aromatic heterocycles. The van der Waals surface area contributed by atoms with E-state index in [0.717, 1.165) is 50.3 Å². The molecular weight excluding hydrogens is 473 g/mol. The van der Waals surface area contributed by atoms with Gasteiger partial charge in [-0.05, 0) is 47.0 Å². The van der Waals surface area contributed by atoms with Crippen molar-refractivity contribution in [1.82, 2.24) is 0 Å². The second kappa shape index (κ2) is 18.4. The van der Waals surface area contributed by atoms with E-state index < -0.39 is 19.1 Å². The van der Waals surface area contributed by atoms with Crippen molar-refractivity contribution in [3.8, 4) is 0 Å². The summed E-state index contributed by atoms with van der Waals surface area (Å²) in [6.45, 7) is 11.0. The van der Waals surface area contributed by atoms with Crippen LogP contribution < -0.4 is 5.32 Å². The van der Waals surface area contributed by atoms with Crippen LogP contribution in [0.3, 0.4) is 0 Å². The first-order chi connectivity index (χ1) is 17.6. The van der Waals surface area contributed by atoms with Gasteiger partial charge in [-0.3, -0.25) is 0 Å². The molecule has 0 unspecified atom stereocenters. The van der Waals surface area contributed by atoms with Crippen molar-refractivity contribution >= 4 is 24.7 Å². The Morgan fingerprint density at radius 1 is 0.892 bits per heavy atom. The van der Waals surface area contributed by atoms with Crippen LogP contribution in [0.25, 0.3) is 0 Å². The molecule has 6 N–H and O–H groups in total. The number of benzene rings is 2. The molecule has 0 spiro atoms. The fourth-order valence-corrected chi connectivity index (χ4v) is 3.79. The topological polar surface area (TPSA) is 147 Å². The summed E-state index contributed by atoms with van der Waals surface area (Å²) >= 11 is 0. The number of aliphatic hydroxyl groups excluding tert-OH is 1. The van der Waals surface area contributed by atoms with Gasteiger partial charge < -0.3 is 30.7 Å². The van der Waals surface area contributed by atoms with Gasteiger partial charge >= 0.3 is 19.1 Å². The summed E-state index contributed by atoms with van der Waals surface area (Å²) < 4.78 is 0. The molecule has 206 valence electrons. The maximum atomic E-state index is 11.1. The van der Waals surface area contributed by atoms with Crippen LogP contribution >= 0.6 is 0 Å². The molecular formula is C28H44BNO7. The molecule has 0 radical (unpaired) electrons. The molecule has 0 heterocycles. The Bertz CT molecular complexity index is 892. The number of hydrogen-bond acceptors (Lipinski definition) is 6. The highest BCUT2D eigenvalue weighted by molar-refractivity contribution is 6.43. The minimum Gasteiger partial charge on any atom is -0.478 e. The number of carboxylic acids is 2. The summed E-state index contributed by atoms with van der Waals surface area (Å²) in [5.74, 6) is -0.913. The number of aliphatic hydroxyl groups is 1. The lowest BCUT2D eigenvalue weighted by Crippen LogP contribution is -2.24. The van der Waals surface area contributed by atoms with Crippen molar-refractivity contribution in [3.05, 3.63) is 64.7 Å². The Hall–Kier alpha value is -2.88. The lowest BCUT2D eigenvalue weighted by Gasteiger charge is -2.24. The van der Waals surface area contributed by atoms with E-state index in [9.17, 15) is 9.59 Å². The summed E-state index contributed by atoms with van der Waals surface area (Å²) in [6, 6.07) is 12.1. The van der Waals surface area contributed by atoms with Gasteiger partial charge in [0.1, 0.15) is 0 Å². The first kappa shape index (κ1) is 34.1. The molecule has 1 aliphatic carbocycles. The molecule has 0 atom stereocenters. The molecule has 9 heteroatoms. The maximum absolute atomic E-state index is 11.1. The smallest absolute Gasteiger partial charge is 0.454 e. The molecule has 8 nitrogen and oxygen atoms in total. The van der Waals surface area contributed by atoms with E-state index in [4.69, 9.17) is 25.4 Å². The lowest BCUT2D eigenvalue weighted by atomic mass is 9.63. The summed E-state index contributed by atoms with van der Waals surface area (Å²) in [7, 11) is -0.0764. The molecule has 0 aliphatic heterocycles. The first-order valence-corrected chi connectivity index (χ1v) is 12.8. The van der Waals surface area contributed by atoms with Crippen LogP contribution in [0.4, 0.5) is 5.69 Å². The van der Waals surface area contributed by atoms with Crippen LogP contribution in [-0.4, -0.2) is 51.5 Å². The second-order valence-corrected chi connectivity index (χ2v) is 9.09. The Balaban J connectivity index is 0.000000771. The second-order valence-electron chi connectivity index (χ2n) is 9.09. The normalized spacial score (nSPS) is 16.1. The largest absolute Gasteiger partial charge is 0.478 e. The zero-order chi connectivity index (χ0) is 28.5. The zero-order valence-electron chi connectivity index (χ0n) is 22.9. The summed E-state index contributed by atoms with van der Waals surface area (Å²) in [4.78, 5) is 22.2. The number of hydrogen-bond donors (Lipinski definition) is 6. The van der Waals surface area contributed by atoms with Gasteiger partial charge in [-0.2, -0.15) is 0 Å². The molecule has 0 saturated heterocycles. The number of aromatic carboxylic acids is 2. The zero-order valence-corrected chi connectivity index (χ0v) is 22.9. The quantitative estimate of drug-likeness (QED) is 0.264. The average molecular weight is 517 g/mol. The van der Waals surface area contributed by atoms with Gasteiger partial charge in [0.2, 0.25) is 0 Å². The van der Waals surface area contributed by atoms with Gasteiger partial charge in [0.25, 0.3) is 0 Å². The van der Waals surface area contributed by atoms with Crippen LogP contribution in [0.15, 0.2) is 42.5 Å². The number of carboxylic acid groups (broad SMARTS) is 2. The molecule has 2 aromatic carbocycles. The molecule has 37 heavy (non-hydrogen) atoms. The van der Waals surface area contributed by atoms with E-state index in [0.29, 0.717) is 18.2 Å². The molecule has 0 amide bonds. The molecule has 0 bridgehead atoms. The molecule has 1 aliphatic rings. The van der Waals surface area contributed by atoms with Gasteiger partial charge in [0.05, 0.1) is 11.1 Å². The van der Waals surface area contributed by atoms with E-state index in [1.54, 1.807) is 0 Å². The Labute approximate surface area is 221 Å². The van der Waals surface area contributed by atoms with Crippen molar-refractivity contribution in [1.29, 1.82) is 0 Å². The number of nitrogens with one attached hydrogen (secondary N) is 1. The van der Waals surface area contributed by atoms with Crippen molar-refractivity contribution < 1.29 is 35.0 Å². The highest BCUT2D eigenvalue weighted by atomic mass is 16.4. The van der Waals surface area contributed by atoms with Crippen molar-refractivity contribution in [3.63, 3.8) is 0 Å². The van der Waals surface area contributed by atoms with Crippen LogP contribution in [0.1, 0.15) is 98.1 Å². The monoisotopic (exact) mass is 517 g/mol. The number of rotatable bonds is 7. The van der Waals surface area contributed by atoms with E-state index in [1.165, 1.54) is 17.7 Å². The van der Waals surface area contributed by atoms with Crippen LogP contribution in [0.5, 0.6) is 0 Å². The van der Waals surface area contributed by atoms with Gasteiger partial charge in [-0.1, -0.05) is 84.6 Å². The highest BCUT2D eigenvalue weighted by Crippen LogP contribution is 2.32. The summed E-state index contributed by atoms with van der Waals surface area (Å²) in [5, 5.41) is 45.8. The van der Waals surface area contributed by atoms with Gasteiger partial charge in [0.15, 0.2) is 0 Å². The summed E-state index contributed by atoms with van der Waals surface area (Å²) in [5.41, 5.74) is 2.64. The minimum atomic E-state index is -1.16. The average Bonchev–Trinajstić information content (AvgIpc) is 2.90. The number of carbonyl (C=O) groups is 2. The van der Waals surface area contributed by atoms with Gasteiger partial charge in [-0.15, -0.1) is 0 Å². The molecule has 2 aromatic rings. The van der Waals surface area contributed by atoms with E-state index >= 15 is 0 Å². The fraction of sp³-hybridized carbons (Fsp3) is 0.500.